The summed E-state index contributed by atoms with van der Waals surface area (Å²) in [5.41, 5.74) is 0. The van der Waals surface area contributed by atoms with Crippen LogP contribution in [0.2, 0.25) is 0 Å². The summed E-state index contributed by atoms with van der Waals surface area (Å²) in [5, 5.41) is 0. The van der Waals surface area contributed by atoms with Crippen molar-refractivity contribution in [3.05, 3.63) is 0 Å². The van der Waals surface area contributed by atoms with E-state index in [2.05, 4.69) is 202 Å². The van der Waals surface area contributed by atoms with Gasteiger partial charge in [-0.1, -0.05) is 0 Å². The molecule has 0 radical (unpaired) electrons. The van der Waals surface area contributed by atoms with Crippen molar-refractivity contribution in [2.45, 2.75) is 0 Å². The van der Waals surface area contributed by atoms with Gasteiger partial charge in [-0.2, -0.15) is 9.78 Å². The molecule has 0 aliphatic rings. The number of terminal acetylenes is 2. The van der Waals surface area contributed by atoms with E-state index in [0.717, 1.165) is 0 Å². The van der Waals surface area contributed by atoms with Crippen molar-refractivity contribution >= 4 is 0 Å². The first-order valence-electron chi connectivity index (χ1n) is 12.4. The number of quaternary nitrogens is 1. The first kappa shape index (κ1) is 38.6. The lowest BCUT2D eigenvalue weighted by atomic mass is 10.4. The van der Waals surface area contributed by atoms with E-state index in [0.29, 0.717) is 17.6 Å². The molecule has 0 amide bonds. The van der Waals surface area contributed by atoms with Gasteiger partial charge in [0.25, 0.3) is 0 Å². The van der Waals surface area contributed by atoms with E-state index in [9.17, 15) is 0 Å². The Kier molecular flexibility index (Phi) is 26.3. The standard InChI is InChI=1S/C42H16NO4/c1-5-7-9-11-13-15-17-19-21-23-25-27-29-31-33-35-39-44-46-41-37-43(3,4)38-42-47-45-40-36-34-32-30-28-26-24-22-20-18-16-14-12-10-8-6-2/h1-2H,37-38,41-42H2,3-4H3/q+1. The smallest absolute Gasteiger partial charge is 0.171 e. The summed E-state index contributed by atoms with van der Waals surface area (Å²) in [6.07, 6.45) is 14.5. The summed E-state index contributed by atoms with van der Waals surface area (Å²) in [6, 6.07) is 0. The van der Waals surface area contributed by atoms with Gasteiger partial charge in [0.1, 0.15) is 26.3 Å². The van der Waals surface area contributed by atoms with Crippen molar-refractivity contribution in [2.75, 3.05) is 40.4 Å². The quantitative estimate of drug-likeness (QED) is 0.132. The lowest BCUT2D eigenvalue weighted by Crippen LogP contribution is -2.44. The molecule has 5 heteroatoms. The Balaban J connectivity index is 4.18. The Morgan fingerprint density at radius 2 is 0.553 bits per heavy atom. The Morgan fingerprint density at radius 1 is 0.340 bits per heavy atom. The normalized spacial score (nSPS) is 5.96. The zero-order chi connectivity index (χ0) is 34.2. The zero-order valence-electron chi connectivity index (χ0n) is 25.1. The van der Waals surface area contributed by atoms with Crippen LogP contribution in [0.4, 0.5) is 0 Å². The molecule has 0 rings (SSSR count). The molecule has 0 aromatic heterocycles. The maximum atomic E-state index is 5.02. The fourth-order valence-corrected chi connectivity index (χ4v) is 1.80. The van der Waals surface area contributed by atoms with Gasteiger partial charge in [-0.05, 0) is 94.7 Å². The molecule has 0 saturated carbocycles. The second-order valence-corrected chi connectivity index (χ2v) is 7.44. The lowest BCUT2D eigenvalue weighted by Gasteiger charge is -2.28. The molecule has 0 spiro atoms. The van der Waals surface area contributed by atoms with Gasteiger partial charge in [-0.3, -0.25) is 9.78 Å². The second-order valence-electron chi connectivity index (χ2n) is 7.44. The third kappa shape index (κ3) is 33.7. The average Bonchev–Trinajstić information content (AvgIpc) is 3.06. The van der Waals surface area contributed by atoms with E-state index in [4.69, 9.17) is 32.4 Å². The first-order valence-corrected chi connectivity index (χ1v) is 12.4. The van der Waals surface area contributed by atoms with Crippen molar-refractivity contribution in [3.63, 3.8) is 0 Å². The van der Waals surface area contributed by atoms with E-state index in [1.807, 2.05) is 14.1 Å². The third-order valence-corrected chi connectivity index (χ3v) is 3.76. The Morgan fingerprint density at radius 3 is 0.787 bits per heavy atom. The minimum Gasteiger partial charge on any atom is -0.324 e. The van der Waals surface area contributed by atoms with Gasteiger partial charge in [-0.25, -0.2) is 0 Å². The highest BCUT2D eigenvalue weighted by Crippen LogP contribution is 1.97. The van der Waals surface area contributed by atoms with E-state index < -0.39 is 0 Å². The monoisotopic (exact) mass is 598 g/mol. The lowest BCUT2D eigenvalue weighted by molar-refractivity contribution is -0.892. The fourth-order valence-electron chi connectivity index (χ4n) is 1.80. The molecule has 47 heavy (non-hydrogen) atoms. The van der Waals surface area contributed by atoms with Crippen molar-refractivity contribution in [3.8, 4) is 215 Å². The van der Waals surface area contributed by atoms with Gasteiger partial charge in [0.15, 0.2) is 12.2 Å². The molecule has 0 heterocycles. The summed E-state index contributed by atoms with van der Waals surface area (Å²) in [7, 11) is 3.95. The highest BCUT2D eigenvalue weighted by Gasteiger charge is 2.15. The highest BCUT2D eigenvalue weighted by molar-refractivity contribution is 5.47. The molecule has 0 atom stereocenters. The van der Waals surface area contributed by atoms with Crippen LogP contribution in [0.5, 0.6) is 0 Å². The number of hydrogen-bond acceptors (Lipinski definition) is 4. The molecule has 0 bridgehead atoms. The van der Waals surface area contributed by atoms with Gasteiger partial charge in [0.2, 0.25) is 0 Å². The predicted molar refractivity (Wildman–Crippen MR) is 178 cm³/mol. The first-order chi connectivity index (χ1) is 23.1. The Bertz CT molecular complexity index is 2130. The maximum absolute atomic E-state index is 5.02. The van der Waals surface area contributed by atoms with Crippen molar-refractivity contribution < 1.29 is 24.0 Å². The molecule has 0 aliphatic heterocycles. The van der Waals surface area contributed by atoms with Gasteiger partial charge in [0, 0.05) is 94.7 Å². The molecule has 0 N–H and O–H groups in total. The summed E-state index contributed by atoms with van der Waals surface area (Å²) in [6.45, 7) is 1.79. The number of nitrogens with zero attached hydrogens (tertiary/aromatic N) is 1. The highest BCUT2D eigenvalue weighted by atomic mass is 17.2. The molecule has 0 aliphatic carbocycles. The average molecular weight is 599 g/mol. The van der Waals surface area contributed by atoms with Crippen molar-refractivity contribution in [1.29, 1.82) is 0 Å². The second kappa shape index (κ2) is 32.1. The molecule has 0 aromatic rings. The minimum absolute atomic E-state index is 0.282. The van der Waals surface area contributed by atoms with Crippen molar-refractivity contribution in [1.82, 2.24) is 0 Å². The largest absolute Gasteiger partial charge is 0.324 e. The van der Waals surface area contributed by atoms with E-state index in [-0.39, 0.29) is 13.2 Å². The van der Waals surface area contributed by atoms with E-state index in [1.165, 1.54) is 0 Å². The number of likely N-dealkylation sites (N-methyl/N-ethyl adjacent to an activating group) is 1. The maximum Gasteiger partial charge on any atom is 0.171 e. The number of hydrogen-bond donors (Lipinski definition) is 0. The topological polar surface area (TPSA) is 36.9 Å². The molecule has 0 fully saturated rings. The van der Waals surface area contributed by atoms with Crippen LogP contribution in [0.1, 0.15) is 0 Å². The Labute approximate surface area is 278 Å². The van der Waals surface area contributed by atoms with E-state index in [1.54, 1.807) is 0 Å². The Hall–Kier alpha value is -8.44. The number of rotatable bonds is 8. The summed E-state index contributed by atoms with van der Waals surface area (Å²) in [5.74, 6) is 78.2. The van der Waals surface area contributed by atoms with Crippen LogP contribution in [-0.2, 0) is 19.6 Å². The van der Waals surface area contributed by atoms with Crippen LogP contribution in [-0.4, -0.2) is 44.9 Å². The van der Waals surface area contributed by atoms with Gasteiger partial charge < -0.3 is 4.48 Å². The zero-order valence-corrected chi connectivity index (χ0v) is 25.1. The van der Waals surface area contributed by atoms with Crippen molar-refractivity contribution in [2.24, 2.45) is 0 Å². The summed E-state index contributed by atoms with van der Waals surface area (Å²) >= 11 is 0. The van der Waals surface area contributed by atoms with Crippen LogP contribution in [0.15, 0.2) is 0 Å². The molecular formula is C42H16NO4+. The van der Waals surface area contributed by atoms with Crippen LogP contribution in [0.25, 0.3) is 0 Å². The molecular weight excluding hydrogens is 582 g/mol. The summed E-state index contributed by atoms with van der Waals surface area (Å²) in [4.78, 5) is 19.6. The predicted octanol–water partition coefficient (Wildman–Crippen LogP) is 0.195. The van der Waals surface area contributed by atoms with Crippen LogP contribution in [0, 0.1) is 215 Å². The molecule has 0 unspecified atom stereocenters. The molecule has 5 nitrogen and oxygen atoms in total. The van der Waals surface area contributed by atoms with Gasteiger partial charge in [0.05, 0.1) is 14.1 Å². The van der Waals surface area contributed by atoms with Crippen LogP contribution < -0.4 is 0 Å². The van der Waals surface area contributed by atoms with Crippen LogP contribution >= 0.6 is 0 Å². The third-order valence-electron chi connectivity index (χ3n) is 3.76. The van der Waals surface area contributed by atoms with Gasteiger partial charge >= 0.3 is 0 Å². The fraction of sp³-hybridized carbons (Fsp3) is 0.143. The van der Waals surface area contributed by atoms with E-state index >= 15 is 0 Å². The molecule has 212 valence electrons. The van der Waals surface area contributed by atoms with Gasteiger partial charge in [-0.15, -0.1) is 12.8 Å². The summed E-state index contributed by atoms with van der Waals surface area (Å²) < 4.78 is 0.557. The molecule has 0 aromatic carbocycles. The van der Waals surface area contributed by atoms with Crippen LogP contribution in [0.3, 0.4) is 0 Å². The SMILES string of the molecule is C#CC#CC#CC#CC#CC#CC#CC#CC#COOCC[N+](C)(C)CCOOC#CC#CC#CC#CC#CC#CC#CC#CC#C. The minimum atomic E-state index is 0.282. The molecule has 0 saturated heterocycles.